The molecule has 0 aliphatic heterocycles. The fraction of sp³-hybridized carbons (Fsp3) is 0.308. The number of hydrogen-bond donors (Lipinski definition) is 3. The Bertz CT molecular complexity index is 1500. The van der Waals surface area contributed by atoms with Crippen molar-refractivity contribution in [2.45, 2.75) is 51.2 Å². The molecule has 10 heteroatoms. The second kappa shape index (κ2) is 9.37. The molecule has 2 aromatic carbocycles. The van der Waals surface area contributed by atoms with Gasteiger partial charge in [0.1, 0.15) is 17.6 Å². The van der Waals surface area contributed by atoms with E-state index in [0.29, 0.717) is 44.1 Å². The van der Waals surface area contributed by atoms with E-state index in [0.717, 1.165) is 12.8 Å². The molecule has 0 amide bonds. The predicted molar refractivity (Wildman–Crippen MR) is 138 cm³/mol. The van der Waals surface area contributed by atoms with Crippen molar-refractivity contribution in [3.8, 4) is 6.07 Å². The van der Waals surface area contributed by atoms with Crippen LogP contribution in [0.5, 0.6) is 0 Å². The first-order valence-electron chi connectivity index (χ1n) is 12.1. The number of rotatable bonds is 7. The van der Waals surface area contributed by atoms with Crippen LogP contribution in [0.2, 0.25) is 5.02 Å². The van der Waals surface area contributed by atoms with Crippen molar-refractivity contribution >= 4 is 33.9 Å². The summed E-state index contributed by atoms with van der Waals surface area (Å²) in [6.07, 6.45) is 5.26. The van der Waals surface area contributed by atoms with Gasteiger partial charge in [0, 0.05) is 22.8 Å². The number of nitriles is 1. The zero-order chi connectivity index (χ0) is 26.4. The summed E-state index contributed by atoms with van der Waals surface area (Å²) in [6.45, 7) is 5.96. The third-order valence-corrected chi connectivity index (χ3v) is 5.99. The van der Waals surface area contributed by atoms with Crippen LogP contribution >= 0.6 is 11.6 Å². The van der Waals surface area contributed by atoms with Crippen molar-refractivity contribution in [3.63, 3.8) is 0 Å². The van der Waals surface area contributed by atoms with Gasteiger partial charge in [0.05, 0.1) is 41.4 Å². The first-order valence-corrected chi connectivity index (χ1v) is 12.0. The summed E-state index contributed by atoms with van der Waals surface area (Å²) in [4.78, 5) is 4.39. The minimum absolute atomic E-state index is 0.283. The van der Waals surface area contributed by atoms with Gasteiger partial charge in [0.2, 0.25) is 0 Å². The molecule has 8 nitrogen and oxygen atoms in total. The Labute approximate surface area is 214 Å². The molecule has 184 valence electrons. The quantitative estimate of drug-likeness (QED) is 0.275. The highest BCUT2D eigenvalue weighted by molar-refractivity contribution is 6.35. The van der Waals surface area contributed by atoms with Crippen molar-refractivity contribution in [2.24, 2.45) is 0 Å². The maximum Gasteiger partial charge on any atom is 0.123 e. The largest absolute Gasteiger partial charge is 0.373 e. The number of nitrogens with zero attached hydrogens (tertiary/aromatic N) is 5. The summed E-state index contributed by atoms with van der Waals surface area (Å²) in [5, 5.41) is 22.4. The second-order valence-corrected chi connectivity index (χ2v) is 10.2. The number of benzene rings is 2. The fourth-order valence-corrected chi connectivity index (χ4v) is 4.02. The smallest absolute Gasteiger partial charge is 0.123 e. The highest BCUT2D eigenvalue weighted by Gasteiger charge is 2.27. The Morgan fingerprint density at radius 1 is 1.25 bits per heavy atom. The van der Waals surface area contributed by atoms with Gasteiger partial charge in [-0.3, -0.25) is 4.98 Å². The van der Waals surface area contributed by atoms with Gasteiger partial charge in [0.15, 0.2) is 0 Å². The van der Waals surface area contributed by atoms with Gasteiger partial charge >= 0.3 is 0 Å². The van der Waals surface area contributed by atoms with E-state index in [-0.39, 0.29) is 11.6 Å². The predicted octanol–water partition coefficient (Wildman–Crippen LogP) is 5.74. The van der Waals surface area contributed by atoms with E-state index < -0.39 is 11.8 Å². The lowest BCUT2D eigenvalue weighted by Gasteiger charge is -2.24. The molecule has 5 rings (SSSR count). The monoisotopic (exact) mass is 505 g/mol. The number of anilines is 2. The Kier molecular flexibility index (Phi) is 5.91. The molecule has 0 spiro atoms. The molecule has 2 heterocycles. The molecule has 0 bridgehead atoms. The summed E-state index contributed by atoms with van der Waals surface area (Å²) in [7, 11) is 0. The molecule has 0 radical (unpaired) electrons. The summed E-state index contributed by atoms with van der Waals surface area (Å²) < 4.78 is 25.0. The molecule has 4 aromatic rings. The van der Waals surface area contributed by atoms with Crippen LogP contribution in [0.25, 0.3) is 10.9 Å². The van der Waals surface area contributed by atoms with E-state index in [9.17, 15) is 11.0 Å². The van der Waals surface area contributed by atoms with Gasteiger partial charge in [-0.05, 0) is 63.4 Å². The molecule has 1 atom stereocenters. The number of halogens is 2. The minimum atomic E-state index is -1.60. The van der Waals surface area contributed by atoms with Crippen LogP contribution in [0.3, 0.4) is 0 Å². The minimum Gasteiger partial charge on any atom is -0.373 e. The van der Waals surface area contributed by atoms with Crippen molar-refractivity contribution in [2.75, 3.05) is 10.7 Å². The number of fused-ring (bicyclic) bond motifs is 1. The molecule has 1 fully saturated rings. The van der Waals surface area contributed by atoms with Gasteiger partial charge in [-0.15, -0.1) is 5.10 Å². The Balaban J connectivity index is 1.62. The molecule has 1 aliphatic carbocycles. The summed E-state index contributed by atoms with van der Waals surface area (Å²) >= 11 is 6.64. The Morgan fingerprint density at radius 3 is 2.67 bits per heavy atom. The van der Waals surface area contributed by atoms with E-state index in [1.807, 2.05) is 20.8 Å². The van der Waals surface area contributed by atoms with E-state index in [1.54, 1.807) is 35.1 Å². The van der Waals surface area contributed by atoms with Gasteiger partial charge < -0.3 is 10.7 Å². The Morgan fingerprint density at radius 2 is 2.00 bits per heavy atom. The van der Waals surface area contributed by atoms with Gasteiger partial charge in [-0.25, -0.2) is 14.5 Å². The summed E-state index contributed by atoms with van der Waals surface area (Å²) in [5.41, 5.74) is 8.73. The maximum absolute atomic E-state index is 13.7. The van der Waals surface area contributed by atoms with Crippen molar-refractivity contribution < 1.29 is 5.76 Å². The normalized spacial score (nSPS) is 15.7. The average Bonchev–Trinajstić information content (AvgIpc) is 3.58. The number of aromatic nitrogens is 4. The van der Waals surface area contributed by atoms with Crippen LogP contribution in [0.1, 0.15) is 63.9 Å². The average molecular weight is 506 g/mol. The zero-order valence-corrected chi connectivity index (χ0v) is 20.9. The maximum atomic E-state index is 13.7. The number of nitrogens with one attached hydrogen (secondary N) is 3. The zero-order valence-electron chi connectivity index (χ0n) is 21.1. The third-order valence-electron chi connectivity index (χ3n) is 5.70. The SMILES string of the molecule is [2H][C@](Nc1cc(Cl)c2ncc(C#N)c(NNC(C)(C)C)c2c1)(c1ccc(F)cc1)c1cn(C2CC2)nn1. The van der Waals surface area contributed by atoms with Crippen molar-refractivity contribution in [3.05, 3.63) is 76.5 Å². The molecule has 1 aliphatic rings. The summed E-state index contributed by atoms with van der Waals surface area (Å²) in [5.74, 6) is -0.404. The second-order valence-electron chi connectivity index (χ2n) is 9.83. The highest BCUT2D eigenvalue weighted by Crippen LogP contribution is 2.37. The lowest BCUT2D eigenvalue weighted by Crippen LogP contribution is -2.40. The van der Waals surface area contributed by atoms with Crippen molar-refractivity contribution in [1.29, 1.82) is 5.26 Å². The molecular formula is C26H26ClFN8. The number of hydrazine groups is 1. The number of hydrogen-bond acceptors (Lipinski definition) is 7. The van der Waals surface area contributed by atoms with E-state index in [2.05, 4.69) is 37.5 Å². The van der Waals surface area contributed by atoms with Crippen LogP contribution in [0, 0.1) is 17.1 Å². The Hall–Kier alpha value is -3.74. The van der Waals surface area contributed by atoms with Crippen LogP contribution in [0.4, 0.5) is 15.8 Å². The van der Waals surface area contributed by atoms with E-state index in [4.69, 9.17) is 11.6 Å². The lowest BCUT2D eigenvalue weighted by atomic mass is 10.0. The van der Waals surface area contributed by atoms with Gasteiger partial charge in [-0.1, -0.05) is 28.9 Å². The van der Waals surface area contributed by atoms with Crippen LogP contribution in [-0.4, -0.2) is 25.5 Å². The lowest BCUT2D eigenvalue weighted by molar-refractivity contribution is 0.466. The van der Waals surface area contributed by atoms with Crippen LogP contribution < -0.4 is 16.2 Å². The molecule has 0 saturated heterocycles. The molecule has 2 aromatic heterocycles. The summed E-state index contributed by atoms with van der Waals surface area (Å²) in [6, 6.07) is 10.0. The fourth-order valence-electron chi connectivity index (χ4n) is 3.75. The van der Waals surface area contributed by atoms with E-state index >= 15 is 0 Å². The van der Waals surface area contributed by atoms with Crippen LogP contribution in [-0.2, 0) is 0 Å². The third kappa shape index (κ3) is 5.10. The van der Waals surface area contributed by atoms with Gasteiger partial charge in [-0.2, -0.15) is 5.26 Å². The molecule has 1 saturated carbocycles. The molecule has 0 unspecified atom stereocenters. The first kappa shape index (κ1) is 22.7. The topological polar surface area (TPSA) is 103 Å². The highest BCUT2D eigenvalue weighted by atomic mass is 35.5. The molecule has 3 N–H and O–H groups in total. The number of pyridine rings is 1. The van der Waals surface area contributed by atoms with E-state index in [1.165, 1.54) is 18.3 Å². The standard InChI is InChI=1S/C26H26ClFN8/c1-26(2,3)34-33-23-16(12-29)13-30-25-20(23)10-18(11-21(25)27)31-24(15-4-6-17(28)7-5-15)22-14-36(35-32-22)19-8-9-19/h4-7,10-11,13-14,19,24,31,34H,8-9H2,1-3H3,(H,30,33)/t24-/m0/s1/i24D. The first-order chi connectivity index (χ1) is 17.6. The van der Waals surface area contributed by atoms with Gasteiger partial charge in [0.25, 0.3) is 0 Å². The molecule has 36 heavy (non-hydrogen) atoms. The van der Waals surface area contributed by atoms with Crippen molar-refractivity contribution in [1.82, 2.24) is 25.4 Å². The van der Waals surface area contributed by atoms with Crippen LogP contribution in [0.15, 0.2) is 48.8 Å². The molecular weight excluding hydrogens is 479 g/mol.